The first-order valence-corrected chi connectivity index (χ1v) is 9.45. The maximum absolute atomic E-state index is 12.5. The van der Waals surface area contributed by atoms with Crippen LogP contribution in [0.3, 0.4) is 0 Å². The predicted molar refractivity (Wildman–Crippen MR) is 85.5 cm³/mol. The fourth-order valence-electron chi connectivity index (χ4n) is 2.51. The van der Waals surface area contributed by atoms with Crippen molar-refractivity contribution in [2.75, 3.05) is 46.4 Å². The molecule has 0 saturated carbocycles. The largest absolute Gasteiger partial charge is 0.378 e. The van der Waals surface area contributed by atoms with Crippen molar-refractivity contribution in [2.24, 2.45) is 0 Å². The lowest BCUT2D eigenvalue weighted by Crippen LogP contribution is -2.47. The van der Waals surface area contributed by atoms with Gasteiger partial charge in [-0.05, 0) is 45.7 Å². The molecule has 1 aliphatic heterocycles. The van der Waals surface area contributed by atoms with Gasteiger partial charge in [-0.15, -0.1) is 0 Å². The molecule has 0 aromatic heterocycles. The number of piperidine rings is 1. The van der Waals surface area contributed by atoms with E-state index in [4.69, 9.17) is 4.74 Å². The van der Waals surface area contributed by atoms with Gasteiger partial charge >= 0.3 is 0 Å². The monoisotopic (exact) mass is 321 g/mol. The molecule has 0 aliphatic carbocycles. The number of hydrogen-bond donors (Lipinski definition) is 1. The van der Waals surface area contributed by atoms with Gasteiger partial charge in [-0.2, -0.15) is 17.0 Å². The van der Waals surface area contributed by atoms with E-state index in [1.54, 1.807) is 11.4 Å². The molecule has 7 heteroatoms. The van der Waals surface area contributed by atoms with Crippen molar-refractivity contribution < 1.29 is 13.2 Å². The van der Waals surface area contributed by atoms with Gasteiger partial charge in [-0.25, -0.2) is 0 Å². The van der Waals surface area contributed by atoms with E-state index in [9.17, 15) is 8.42 Å². The van der Waals surface area contributed by atoms with Crippen molar-refractivity contribution in [2.45, 2.75) is 45.6 Å². The quantitative estimate of drug-likeness (QED) is 0.611. The first-order chi connectivity index (χ1) is 10.0. The highest BCUT2D eigenvalue weighted by Crippen LogP contribution is 2.18. The smallest absolute Gasteiger partial charge is 0.281 e. The van der Waals surface area contributed by atoms with Gasteiger partial charge in [0.1, 0.15) is 0 Å². The van der Waals surface area contributed by atoms with Gasteiger partial charge in [0, 0.05) is 33.3 Å². The van der Waals surface area contributed by atoms with E-state index in [0.29, 0.717) is 26.2 Å². The fraction of sp³-hybridized carbons (Fsp3) is 1.00. The van der Waals surface area contributed by atoms with Crippen LogP contribution in [0.4, 0.5) is 0 Å². The maximum Gasteiger partial charge on any atom is 0.281 e. The zero-order valence-electron chi connectivity index (χ0n) is 13.7. The highest BCUT2D eigenvalue weighted by atomic mass is 32.2. The Balaban J connectivity index is 2.35. The van der Waals surface area contributed by atoms with E-state index in [2.05, 4.69) is 12.2 Å². The summed E-state index contributed by atoms with van der Waals surface area (Å²) in [6, 6.07) is 0. The van der Waals surface area contributed by atoms with Crippen molar-refractivity contribution in [1.82, 2.24) is 13.9 Å². The summed E-state index contributed by atoms with van der Waals surface area (Å²) in [6.07, 6.45) is 3.73. The van der Waals surface area contributed by atoms with Crippen LogP contribution in [-0.4, -0.2) is 69.5 Å². The average molecular weight is 321 g/mol. The van der Waals surface area contributed by atoms with Crippen LogP contribution in [-0.2, 0) is 14.9 Å². The van der Waals surface area contributed by atoms with E-state index in [1.807, 2.05) is 6.92 Å². The Labute approximate surface area is 130 Å². The molecule has 1 heterocycles. The lowest BCUT2D eigenvalue weighted by Gasteiger charge is -2.33. The molecule has 0 aromatic rings. The van der Waals surface area contributed by atoms with E-state index in [0.717, 1.165) is 38.8 Å². The SMILES string of the molecule is CCCNCCCN(C)S(=O)(=O)N1CCC(OCC)CC1. The molecule has 1 fully saturated rings. The summed E-state index contributed by atoms with van der Waals surface area (Å²) in [5.41, 5.74) is 0. The lowest BCUT2D eigenvalue weighted by atomic mass is 10.1. The predicted octanol–water partition coefficient (Wildman–Crippen LogP) is 1.05. The maximum atomic E-state index is 12.5. The van der Waals surface area contributed by atoms with Crippen LogP contribution in [0.5, 0.6) is 0 Å². The third-order valence-electron chi connectivity index (χ3n) is 3.78. The molecule has 126 valence electrons. The number of rotatable bonds is 10. The second-order valence-corrected chi connectivity index (χ2v) is 7.52. The van der Waals surface area contributed by atoms with Crippen LogP contribution in [0, 0.1) is 0 Å². The minimum absolute atomic E-state index is 0.213. The summed E-state index contributed by atoms with van der Waals surface area (Å²) in [7, 11) is -1.64. The molecular formula is C14H31N3O3S. The van der Waals surface area contributed by atoms with E-state index < -0.39 is 10.2 Å². The Morgan fingerprint density at radius 2 is 1.90 bits per heavy atom. The van der Waals surface area contributed by atoms with E-state index in [-0.39, 0.29) is 6.10 Å². The lowest BCUT2D eigenvalue weighted by molar-refractivity contribution is 0.0282. The molecule has 0 unspecified atom stereocenters. The number of ether oxygens (including phenoxy) is 1. The second-order valence-electron chi connectivity index (χ2n) is 5.49. The van der Waals surface area contributed by atoms with Gasteiger partial charge in [0.05, 0.1) is 6.10 Å². The number of nitrogens with zero attached hydrogens (tertiary/aromatic N) is 2. The van der Waals surface area contributed by atoms with Crippen molar-refractivity contribution >= 4 is 10.2 Å². The Morgan fingerprint density at radius 1 is 1.24 bits per heavy atom. The molecule has 0 radical (unpaired) electrons. The molecule has 6 nitrogen and oxygen atoms in total. The Morgan fingerprint density at radius 3 is 2.48 bits per heavy atom. The number of nitrogens with one attached hydrogen (secondary N) is 1. The molecule has 1 aliphatic rings. The van der Waals surface area contributed by atoms with Crippen LogP contribution in [0.15, 0.2) is 0 Å². The summed E-state index contributed by atoms with van der Waals surface area (Å²) in [4.78, 5) is 0. The van der Waals surface area contributed by atoms with Gasteiger partial charge in [0.25, 0.3) is 10.2 Å². The molecule has 0 atom stereocenters. The molecule has 1 N–H and O–H groups in total. The third-order valence-corrected chi connectivity index (χ3v) is 5.76. The zero-order chi connectivity index (χ0) is 15.7. The fourth-order valence-corrected chi connectivity index (χ4v) is 3.93. The minimum atomic E-state index is -3.31. The third kappa shape index (κ3) is 6.20. The van der Waals surface area contributed by atoms with Crippen molar-refractivity contribution in [1.29, 1.82) is 0 Å². The summed E-state index contributed by atoms with van der Waals surface area (Å²) in [5.74, 6) is 0. The van der Waals surface area contributed by atoms with Gasteiger partial charge in [0.15, 0.2) is 0 Å². The summed E-state index contributed by atoms with van der Waals surface area (Å²) >= 11 is 0. The topological polar surface area (TPSA) is 61.9 Å². The molecule has 0 aromatic carbocycles. The van der Waals surface area contributed by atoms with Crippen LogP contribution in [0.25, 0.3) is 0 Å². The van der Waals surface area contributed by atoms with Crippen LogP contribution in [0.1, 0.15) is 39.5 Å². The normalized spacial score (nSPS) is 18.5. The first kappa shape index (κ1) is 18.8. The number of hydrogen-bond acceptors (Lipinski definition) is 4. The summed E-state index contributed by atoms with van der Waals surface area (Å²) < 4.78 is 33.5. The van der Waals surface area contributed by atoms with Crippen LogP contribution in [0.2, 0.25) is 0 Å². The molecule has 1 saturated heterocycles. The molecule has 21 heavy (non-hydrogen) atoms. The van der Waals surface area contributed by atoms with Gasteiger partial charge < -0.3 is 10.1 Å². The van der Waals surface area contributed by atoms with Crippen molar-refractivity contribution in [3.05, 3.63) is 0 Å². The molecular weight excluding hydrogens is 290 g/mol. The van der Waals surface area contributed by atoms with Gasteiger partial charge in [0.2, 0.25) is 0 Å². The first-order valence-electron chi connectivity index (χ1n) is 8.06. The standard InChI is InChI=1S/C14H31N3O3S/c1-4-9-15-10-6-11-16(3)21(18,19)17-12-7-14(8-13-17)20-5-2/h14-15H,4-13H2,1-3H3. The Kier molecular flexibility index (Phi) is 8.73. The van der Waals surface area contributed by atoms with Gasteiger partial charge in [-0.1, -0.05) is 6.92 Å². The highest BCUT2D eigenvalue weighted by Gasteiger charge is 2.30. The Hall–Kier alpha value is -0.210. The Bertz CT molecular complexity index is 368. The second kappa shape index (κ2) is 9.74. The van der Waals surface area contributed by atoms with E-state index in [1.165, 1.54) is 4.31 Å². The van der Waals surface area contributed by atoms with Gasteiger partial charge in [-0.3, -0.25) is 0 Å². The minimum Gasteiger partial charge on any atom is -0.378 e. The summed E-state index contributed by atoms with van der Waals surface area (Å²) in [6.45, 7) is 8.32. The van der Waals surface area contributed by atoms with E-state index >= 15 is 0 Å². The molecule has 0 bridgehead atoms. The zero-order valence-corrected chi connectivity index (χ0v) is 14.5. The molecule has 0 amide bonds. The molecule has 0 spiro atoms. The van der Waals surface area contributed by atoms with Crippen molar-refractivity contribution in [3.8, 4) is 0 Å². The van der Waals surface area contributed by atoms with Crippen LogP contribution >= 0.6 is 0 Å². The highest BCUT2D eigenvalue weighted by molar-refractivity contribution is 7.86. The average Bonchev–Trinajstić information content (AvgIpc) is 2.47. The van der Waals surface area contributed by atoms with Crippen LogP contribution < -0.4 is 5.32 Å². The van der Waals surface area contributed by atoms with Crippen molar-refractivity contribution in [3.63, 3.8) is 0 Å². The summed E-state index contributed by atoms with van der Waals surface area (Å²) in [5, 5.41) is 3.29. The molecule has 1 rings (SSSR count).